The van der Waals surface area contributed by atoms with Crippen molar-refractivity contribution in [3.63, 3.8) is 0 Å². The van der Waals surface area contributed by atoms with E-state index in [2.05, 4.69) is 37.4 Å². The number of ether oxygens (including phenoxy) is 1. The third kappa shape index (κ3) is 3.19. The van der Waals surface area contributed by atoms with E-state index in [0.717, 1.165) is 18.4 Å². The van der Waals surface area contributed by atoms with E-state index in [0.29, 0.717) is 13.2 Å². The molecular weight excluding hydrogens is 252 g/mol. The predicted molar refractivity (Wildman–Crippen MR) is 79.3 cm³/mol. The molecule has 2 rings (SSSR count). The normalized spacial score (nSPS) is 22.6. The average molecular weight is 276 g/mol. The number of carbonyl (C=O) groups is 1. The van der Waals surface area contributed by atoms with E-state index < -0.39 is 0 Å². The summed E-state index contributed by atoms with van der Waals surface area (Å²) in [6.07, 6.45) is 1.85. The van der Waals surface area contributed by atoms with Crippen LogP contribution >= 0.6 is 0 Å². The smallest absolute Gasteiger partial charge is 0.241 e. The molecule has 1 aromatic carbocycles. The van der Waals surface area contributed by atoms with Gasteiger partial charge in [-0.1, -0.05) is 43.2 Å². The number of methoxy groups -OCH3 is 1. The number of hydrogen-bond acceptors (Lipinski definition) is 3. The molecule has 0 aliphatic carbocycles. The van der Waals surface area contributed by atoms with Gasteiger partial charge in [0.2, 0.25) is 5.91 Å². The molecule has 1 aliphatic heterocycles. The van der Waals surface area contributed by atoms with Crippen LogP contribution in [0.4, 0.5) is 0 Å². The van der Waals surface area contributed by atoms with Crippen molar-refractivity contribution < 1.29 is 9.53 Å². The van der Waals surface area contributed by atoms with Crippen molar-refractivity contribution in [2.45, 2.75) is 38.9 Å². The molecule has 1 aliphatic rings. The molecule has 110 valence electrons. The number of aryl methyl sites for hydroxylation is 1. The number of hydrogen-bond donors (Lipinski definition) is 1. The molecule has 4 nitrogen and oxygen atoms in total. The molecule has 0 spiro atoms. The molecule has 0 radical (unpaired) electrons. The summed E-state index contributed by atoms with van der Waals surface area (Å²) < 4.78 is 5.13. The lowest BCUT2D eigenvalue weighted by atomic mass is 10.1. The van der Waals surface area contributed by atoms with Crippen LogP contribution in [0.25, 0.3) is 0 Å². The summed E-state index contributed by atoms with van der Waals surface area (Å²) in [7, 11) is 1.67. The maximum absolute atomic E-state index is 12.5. The standard InChI is InChI=1S/C16H24N2O2/c1-4-6-14-16(19)18(9-10-20-3)15(17-14)13-8-5-7-12(2)11-13/h5,7-8,11,14-15,17H,4,6,9-10H2,1-3H3. The summed E-state index contributed by atoms with van der Waals surface area (Å²) in [5.41, 5.74) is 2.36. The van der Waals surface area contributed by atoms with Crippen LogP contribution in [0.1, 0.15) is 37.1 Å². The van der Waals surface area contributed by atoms with E-state index in [1.807, 2.05) is 11.0 Å². The van der Waals surface area contributed by atoms with E-state index >= 15 is 0 Å². The maximum Gasteiger partial charge on any atom is 0.241 e. The number of nitrogens with zero attached hydrogens (tertiary/aromatic N) is 1. The molecule has 1 saturated heterocycles. The van der Waals surface area contributed by atoms with Crippen LogP contribution in [-0.4, -0.2) is 37.1 Å². The minimum Gasteiger partial charge on any atom is -0.383 e. The molecule has 1 aromatic rings. The SMILES string of the molecule is CCCC1NC(c2cccc(C)c2)N(CCOC)C1=O. The molecule has 4 heteroatoms. The van der Waals surface area contributed by atoms with Gasteiger partial charge < -0.3 is 9.64 Å². The Morgan fingerprint density at radius 1 is 1.40 bits per heavy atom. The second kappa shape index (κ2) is 6.86. The molecule has 1 amide bonds. The Bertz CT molecular complexity index is 462. The highest BCUT2D eigenvalue weighted by atomic mass is 16.5. The molecule has 1 fully saturated rings. The van der Waals surface area contributed by atoms with Gasteiger partial charge in [0.15, 0.2) is 0 Å². The van der Waals surface area contributed by atoms with E-state index in [1.54, 1.807) is 7.11 Å². The fraction of sp³-hybridized carbons (Fsp3) is 0.562. The lowest BCUT2D eigenvalue weighted by Crippen LogP contribution is -2.33. The molecule has 2 unspecified atom stereocenters. The first-order valence-corrected chi connectivity index (χ1v) is 7.29. The number of amides is 1. The lowest BCUT2D eigenvalue weighted by molar-refractivity contribution is -0.130. The van der Waals surface area contributed by atoms with Crippen LogP contribution in [0, 0.1) is 6.92 Å². The van der Waals surface area contributed by atoms with Gasteiger partial charge >= 0.3 is 0 Å². The highest BCUT2D eigenvalue weighted by Crippen LogP contribution is 2.27. The van der Waals surface area contributed by atoms with E-state index in [9.17, 15) is 4.79 Å². The van der Waals surface area contributed by atoms with E-state index in [4.69, 9.17) is 4.74 Å². The van der Waals surface area contributed by atoms with Crippen molar-refractivity contribution in [1.82, 2.24) is 10.2 Å². The first kappa shape index (κ1) is 15.0. The Labute approximate surface area is 121 Å². The van der Waals surface area contributed by atoms with Crippen LogP contribution < -0.4 is 5.32 Å². The van der Waals surface area contributed by atoms with E-state index in [1.165, 1.54) is 5.56 Å². The quantitative estimate of drug-likeness (QED) is 0.866. The summed E-state index contributed by atoms with van der Waals surface area (Å²) in [5, 5.41) is 3.46. The van der Waals surface area contributed by atoms with Gasteiger partial charge in [-0.3, -0.25) is 10.1 Å². The largest absolute Gasteiger partial charge is 0.383 e. The van der Waals surface area contributed by atoms with Gasteiger partial charge in [0.25, 0.3) is 0 Å². The van der Waals surface area contributed by atoms with Gasteiger partial charge in [0.1, 0.15) is 6.17 Å². The zero-order valence-electron chi connectivity index (χ0n) is 12.6. The molecule has 0 aromatic heterocycles. The van der Waals surface area contributed by atoms with E-state index in [-0.39, 0.29) is 18.1 Å². The zero-order valence-corrected chi connectivity index (χ0v) is 12.6. The second-order valence-corrected chi connectivity index (χ2v) is 5.35. The summed E-state index contributed by atoms with van der Waals surface area (Å²) in [6, 6.07) is 8.26. The van der Waals surface area contributed by atoms with Gasteiger partial charge in [-0.25, -0.2) is 0 Å². The number of rotatable bonds is 6. The Hall–Kier alpha value is -1.39. The molecule has 20 heavy (non-hydrogen) atoms. The zero-order chi connectivity index (χ0) is 14.5. The molecular formula is C16H24N2O2. The maximum atomic E-state index is 12.5. The van der Waals surface area contributed by atoms with Crippen LogP contribution in [0.2, 0.25) is 0 Å². The molecule has 0 bridgehead atoms. The van der Waals surface area contributed by atoms with Gasteiger partial charge in [0, 0.05) is 13.7 Å². The summed E-state index contributed by atoms with van der Waals surface area (Å²) >= 11 is 0. The Morgan fingerprint density at radius 2 is 2.20 bits per heavy atom. The van der Waals surface area contributed by atoms with Gasteiger partial charge in [-0.15, -0.1) is 0 Å². The van der Waals surface area contributed by atoms with Crippen molar-refractivity contribution in [2.24, 2.45) is 0 Å². The minimum atomic E-state index is -0.0673. The molecule has 2 atom stereocenters. The number of benzene rings is 1. The van der Waals surface area contributed by atoms with Crippen molar-refractivity contribution in [3.05, 3.63) is 35.4 Å². The third-order valence-electron chi connectivity index (χ3n) is 3.72. The molecule has 1 N–H and O–H groups in total. The first-order chi connectivity index (χ1) is 9.67. The Kier molecular flexibility index (Phi) is 5.15. The lowest BCUT2D eigenvalue weighted by Gasteiger charge is -2.24. The Balaban J connectivity index is 2.21. The number of carbonyl (C=O) groups excluding carboxylic acids is 1. The predicted octanol–water partition coefficient (Wildman–Crippen LogP) is 2.24. The van der Waals surface area contributed by atoms with Gasteiger partial charge in [0.05, 0.1) is 12.6 Å². The summed E-state index contributed by atoms with van der Waals surface area (Å²) in [6.45, 7) is 5.37. The van der Waals surface area contributed by atoms with Crippen LogP contribution in [-0.2, 0) is 9.53 Å². The molecule has 1 heterocycles. The highest BCUT2D eigenvalue weighted by Gasteiger charge is 2.38. The highest BCUT2D eigenvalue weighted by molar-refractivity contribution is 5.84. The van der Waals surface area contributed by atoms with Gasteiger partial charge in [-0.2, -0.15) is 0 Å². The Morgan fingerprint density at radius 3 is 2.85 bits per heavy atom. The fourth-order valence-electron chi connectivity index (χ4n) is 2.72. The van der Waals surface area contributed by atoms with Crippen LogP contribution in [0.15, 0.2) is 24.3 Å². The minimum absolute atomic E-state index is 0.0332. The van der Waals surface area contributed by atoms with Crippen molar-refractivity contribution >= 4 is 5.91 Å². The first-order valence-electron chi connectivity index (χ1n) is 7.29. The van der Waals surface area contributed by atoms with Crippen LogP contribution in [0.3, 0.4) is 0 Å². The average Bonchev–Trinajstić information content (AvgIpc) is 2.74. The number of nitrogens with one attached hydrogen (secondary N) is 1. The van der Waals surface area contributed by atoms with Crippen molar-refractivity contribution in [3.8, 4) is 0 Å². The van der Waals surface area contributed by atoms with Gasteiger partial charge in [-0.05, 0) is 18.9 Å². The monoisotopic (exact) mass is 276 g/mol. The topological polar surface area (TPSA) is 41.6 Å². The van der Waals surface area contributed by atoms with Crippen LogP contribution in [0.5, 0.6) is 0 Å². The van der Waals surface area contributed by atoms with Crippen molar-refractivity contribution in [2.75, 3.05) is 20.3 Å². The third-order valence-corrected chi connectivity index (χ3v) is 3.72. The fourth-order valence-corrected chi connectivity index (χ4v) is 2.72. The van der Waals surface area contributed by atoms with Crippen molar-refractivity contribution in [1.29, 1.82) is 0 Å². The summed E-state index contributed by atoms with van der Waals surface area (Å²) in [5.74, 6) is 0.190. The summed E-state index contributed by atoms with van der Waals surface area (Å²) in [4.78, 5) is 14.4. The molecule has 0 saturated carbocycles. The second-order valence-electron chi connectivity index (χ2n) is 5.35.